The smallest absolute Gasteiger partial charge is 0.305 e. The van der Waals surface area contributed by atoms with Crippen LogP contribution in [0.25, 0.3) is 0 Å². The van der Waals surface area contributed by atoms with Gasteiger partial charge in [0.2, 0.25) is 5.91 Å². The molecular weight excluding hydrogens is 887 g/mol. The minimum absolute atomic E-state index is 0.0115. The summed E-state index contributed by atoms with van der Waals surface area (Å²) in [7, 11) is 0. The third kappa shape index (κ3) is 57.6. The Balaban J connectivity index is 3.43. The van der Waals surface area contributed by atoms with Gasteiger partial charge in [0, 0.05) is 12.8 Å². The fourth-order valence-electron chi connectivity index (χ4n) is 10.3. The maximum absolute atomic E-state index is 12.5. The van der Waals surface area contributed by atoms with Crippen LogP contribution in [0.5, 0.6) is 0 Å². The van der Waals surface area contributed by atoms with Crippen LogP contribution in [0.2, 0.25) is 0 Å². The summed E-state index contributed by atoms with van der Waals surface area (Å²) in [5, 5.41) is 23.4. The molecule has 0 rings (SSSR count). The molecule has 0 saturated heterocycles. The molecule has 0 bridgehead atoms. The van der Waals surface area contributed by atoms with Crippen molar-refractivity contribution in [2.75, 3.05) is 13.2 Å². The van der Waals surface area contributed by atoms with Gasteiger partial charge in [-0.2, -0.15) is 0 Å². The Kier molecular flexibility index (Phi) is 60.5. The van der Waals surface area contributed by atoms with Crippen molar-refractivity contribution in [3.05, 3.63) is 24.3 Å². The number of allylic oxidation sites excluding steroid dienone is 4. The van der Waals surface area contributed by atoms with Crippen molar-refractivity contribution in [1.29, 1.82) is 0 Å². The van der Waals surface area contributed by atoms with Crippen LogP contribution in [-0.2, 0) is 14.3 Å². The Labute approximate surface area is 450 Å². The highest BCUT2D eigenvalue weighted by Gasteiger charge is 2.20. The van der Waals surface area contributed by atoms with Gasteiger partial charge < -0.3 is 20.3 Å². The normalized spacial score (nSPS) is 12.7. The van der Waals surface area contributed by atoms with E-state index >= 15 is 0 Å². The van der Waals surface area contributed by atoms with Gasteiger partial charge >= 0.3 is 5.97 Å². The molecule has 0 aliphatic rings. The fourth-order valence-corrected chi connectivity index (χ4v) is 10.3. The van der Waals surface area contributed by atoms with Crippen LogP contribution < -0.4 is 5.32 Å². The molecule has 0 aliphatic carbocycles. The summed E-state index contributed by atoms with van der Waals surface area (Å²) in [6, 6.07) is -0.553. The lowest BCUT2D eigenvalue weighted by Crippen LogP contribution is -2.45. The summed E-state index contributed by atoms with van der Waals surface area (Å²) in [4.78, 5) is 24.6. The van der Waals surface area contributed by atoms with Crippen LogP contribution in [0.4, 0.5) is 0 Å². The number of carbonyl (C=O) groups excluding carboxylic acids is 2. The monoisotopic (exact) mass is 1010 g/mol. The topological polar surface area (TPSA) is 95.9 Å². The van der Waals surface area contributed by atoms with Crippen LogP contribution in [0.3, 0.4) is 0 Å². The summed E-state index contributed by atoms with van der Waals surface area (Å²) in [5.74, 6) is -0.0556. The molecule has 6 heteroatoms. The van der Waals surface area contributed by atoms with Crippen LogP contribution in [0, 0.1) is 0 Å². The first-order valence-corrected chi connectivity index (χ1v) is 32.6. The highest BCUT2D eigenvalue weighted by Crippen LogP contribution is 2.18. The number of hydrogen-bond donors (Lipinski definition) is 3. The van der Waals surface area contributed by atoms with Crippen molar-refractivity contribution < 1.29 is 24.5 Å². The largest absolute Gasteiger partial charge is 0.466 e. The van der Waals surface area contributed by atoms with Gasteiger partial charge in [-0.15, -0.1) is 0 Å². The lowest BCUT2D eigenvalue weighted by Gasteiger charge is -2.22. The molecule has 0 aliphatic heterocycles. The van der Waals surface area contributed by atoms with Crippen LogP contribution in [0.1, 0.15) is 361 Å². The van der Waals surface area contributed by atoms with E-state index in [-0.39, 0.29) is 18.5 Å². The SMILES string of the molecule is CCCCCC/C=C\C/C=C\CCCCCCCCCC(=O)OCCCCCCCCCCCCCCCC(=O)NC(CO)C(O)CCCCCCCCCCCCCCCCCCCCCCCCCC. The second kappa shape index (κ2) is 61.9. The van der Waals surface area contributed by atoms with Gasteiger partial charge in [-0.3, -0.25) is 9.59 Å². The molecule has 0 aromatic rings. The molecule has 2 unspecified atom stereocenters. The first kappa shape index (κ1) is 70.3. The molecule has 1 amide bonds. The first-order valence-electron chi connectivity index (χ1n) is 32.6. The maximum atomic E-state index is 12.5. The Morgan fingerprint density at radius 1 is 0.389 bits per heavy atom. The van der Waals surface area contributed by atoms with Gasteiger partial charge in [-0.1, -0.05) is 314 Å². The standard InChI is InChI=1S/C66H127NO5/c1-3-5-7-9-11-13-15-17-19-21-23-24-25-26-27-28-29-31-34-38-42-46-50-54-58-64(69)63(62-68)67-65(70)59-55-51-47-43-39-35-33-37-41-45-49-53-57-61-72-66(71)60-56-52-48-44-40-36-32-30-22-20-18-16-14-12-10-8-6-4-2/h14,16,20,22,63-64,68-69H,3-13,15,17-19,21,23-62H2,1-2H3,(H,67,70)/b16-14-,22-20-. The molecule has 0 spiro atoms. The van der Waals surface area contributed by atoms with E-state index < -0.39 is 12.1 Å². The minimum Gasteiger partial charge on any atom is -0.466 e. The zero-order valence-electron chi connectivity index (χ0n) is 48.7. The third-order valence-electron chi connectivity index (χ3n) is 15.3. The maximum Gasteiger partial charge on any atom is 0.305 e. The quantitative estimate of drug-likeness (QED) is 0.0320. The lowest BCUT2D eigenvalue weighted by molar-refractivity contribution is -0.143. The Morgan fingerprint density at radius 2 is 0.694 bits per heavy atom. The number of carbonyl (C=O) groups is 2. The zero-order chi connectivity index (χ0) is 52.2. The summed E-state index contributed by atoms with van der Waals surface area (Å²) >= 11 is 0. The molecule has 0 fully saturated rings. The van der Waals surface area contributed by atoms with Crippen molar-refractivity contribution >= 4 is 11.9 Å². The molecule has 0 saturated carbocycles. The number of hydrogen-bond acceptors (Lipinski definition) is 5. The van der Waals surface area contributed by atoms with E-state index in [0.29, 0.717) is 25.9 Å². The van der Waals surface area contributed by atoms with E-state index in [1.54, 1.807) is 0 Å². The molecule has 0 aromatic carbocycles. The number of ether oxygens (including phenoxy) is 1. The molecule has 2 atom stereocenters. The predicted octanol–water partition coefficient (Wildman–Crippen LogP) is 20.6. The summed E-state index contributed by atoms with van der Waals surface area (Å²) in [6.07, 6.45) is 76.2. The van der Waals surface area contributed by atoms with E-state index in [4.69, 9.17) is 4.74 Å². The molecule has 0 aromatic heterocycles. The Hall–Kier alpha value is -1.66. The van der Waals surface area contributed by atoms with Crippen molar-refractivity contribution in [2.45, 2.75) is 373 Å². The summed E-state index contributed by atoms with van der Waals surface area (Å²) < 4.78 is 5.49. The molecule has 0 heterocycles. The zero-order valence-corrected chi connectivity index (χ0v) is 48.7. The second-order valence-corrected chi connectivity index (χ2v) is 22.5. The van der Waals surface area contributed by atoms with Crippen molar-refractivity contribution in [1.82, 2.24) is 5.32 Å². The van der Waals surface area contributed by atoms with E-state index in [1.165, 1.54) is 270 Å². The van der Waals surface area contributed by atoms with Crippen molar-refractivity contribution in [3.63, 3.8) is 0 Å². The third-order valence-corrected chi connectivity index (χ3v) is 15.3. The van der Waals surface area contributed by atoms with Gasteiger partial charge in [-0.25, -0.2) is 0 Å². The van der Waals surface area contributed by atoms with E-state index in [1.807, 2.05) is 0 Å². The van der Waals surface area contributed by atoms with Gasteiger partial charge in [0.1, 0.15) is 0 Å². The van der Waals surface area contributed by atoms with E-state index in [0.717, 1.165) is 57.8 Å². The fraction of sp³-hybridized carbons (Fsp3) is 0.909. The Morgan fingerprint density at radius 3 is 1.07 bits per heavy atom. The highest BCUT2D eigenvalue weighted by atomic mass is 16.5. The molecule has 72 heavy (non-hydrogen) atoms. The number of nitrogens with one attached hydrogen (secondary N) is 1. The highest BCUT2D eigenvalue weighted by molar-refractivity contribution is 5.76. The summed E-state index contributed by atoms with van der Waals surface area (Å²) in [5.41, 5.74) is 0. The number of amides is 1. The molecule has 6 nitrogen and oxygen atoms in total. The molecular formula is C66H127NO5. The second-order valence-electron chi connectivity index (χ2n) is 22.5. The van der Waals surface area contributed by atoms with Crippen LogP contribution in [-0.4, -0.2) is 47.4 Å². The average molecular weight is 1010 g/mol. The van der Waals surface area contributed by atoms with Crippen molar-refractivity contribution in [3.8, 4) is 0 Å². The minimum atomic E-state index is -0.675. The first-order chi connectivity index (χ1) is 35.5. The lowest BCUT2D eigenvalue weighted by atomic mass is 10.0. The van der Waals surface area contributed by atoms with Crippen molar-refractivity contribution in [2.24, 2.45) is 0 Å². The number of unbranched alkanes of at least 4 members (excludes halogenated alkanes) is 46. The molecule has 3 N–H and O–H groups in total. The summed E-state index contributed by atoms with van der Waals surface area (Å²) in [6.45, 7) is 4.94. The van der Waals surface area contributed by atoms with Gasteiger partial charge in [0.05, 0.1) is 25.4 Å². The number of aliphatic hydroxyl groups is 2. The number of esters is 1. The molecule has 426 valence electrons. The number of aliphatic hydroxyl groups excluding tert-OH is 2. The van der Waals surface area contributed by atoms with Gasteiger partial charge in [0.25, 0.3) is 0 Å². The van der Waals surface area contributed by atoms with Crippen LogP contribution >= 0.6 is 0 Å². The average Bonchev–Trinajstić information content (AvgIpc) is 3.38. The molecule has 0 radical (unpaired) electrons. The predicted molar refractivity (Wildman–Crippen MR) is 315 cm³/mol. The van der Waals surface area contributed by atoms with E-state index in [9.17, 15) is 19.8 Å². The number of rotatable bonds is 61. The van der Waals surface area contributed by atoms with E-state index in [2.05, 4.69) is 43.5 Å². The van der Waals surface area contributed by atoms with Gasteiger partial charge in [-0.05, 0) is 57.8 Å². The Bertz CT molecular complexity index is 1120. The van der Waals surface area contributed by atoms with Crippen LogP contribution in [0.15, 0.2) is 24.3 Å². The van der Waals surface area contributed by atoms with Gasteiger partial charge in [0.15, 0.2) is 0 Å².